The number of aryl methyl sites for hydroxylation is 1. The number of nitrogens with zero attached hydrogens (tertiary/aromatic N) is 2. The maximum absolute atomic E-state index is 12.1. The van der Waals surface area contributed by atoms with Crippen molar-refractivity contribution in [3.8, 4) is 11.5 Å². The van der Waals surface area contributed by atoms with Gasteiger partial charge in [0.15, 0.2) is 0 Å². The Morgan fingerprint density at radius 1 is 1.15 bits per heavy atom. The second-order valence-electron chi connectivity index (χ2n) is 6.16. The molecule has 140 valence electrons. The van der Waals surface area contributed by atoms with Gasteiger partial charge in [0, 0.05) is 16.6 Å². The largest absolute Gasteiger partial charge is 0.411 e. The Labute approximate surface area is 167 Å². The highest BCUT2D eigenvalue weighted by molar-refractivity contribution is 7.99. The summed E-state index contributed by atoms with van der Waals surface area (Å²) in [5, 5.41) is 12.0. The molecule has 7 heteroatoms. The Balaban J connectivity index is 1.43. The molecule has 0 saturated heterocycles. The van der Waals surface area contributed by atoms with Gasteiger partial charge in [-0.05, 0) is 49.6 Å². The Morgan fingerprint density at radius 3 is 2.63 bits per heavy atom. The van der Waals surface area contributed by atoms with Crippen LogP contribution in [-0.4, -0.2) is 27.9 Å². The Hall–Kier alpha value is -2.31. The van der Waals surface area contributed by atoms with Crippen molar-refractivity contribution in [2.75, 3.05) is 5.75 Å². The molecular weight excluding hydrogens is 382 g/mol. The molecule has 0 spiro atoms. The average Bonchev–Trinajstić information content (AvgIpc) is 3.15. The van der Waals surface area contributed by atoms with E-state index in [2.05, 4.69) is 27.6 Å². The second kappa shape index (κ2) is 9.58. The number of amides is 1. The SMILES string of the molecule is CC(CCc1ccccc1)NC(=O)CSc1nnc(-c2ccc(Cl)cc2)o1. The molecule has 0 aliphatic rings. The number of aromatic nitrogens is 2. The van der Waals surface area contributed by atoms with Crippen molar-refractivity contribution in [2.24, 2.45) is 0 Å². The lowest BCUT2D eigenvalue weighted by molar-refractivity contribution is -0.119. The van der Waals surface area contributed by atoms with Crippen LogP contribution >= 0.6 is 23.4 Å². The topological polar surface area (TPSA) is 68.0 Å². The smallest absolute Gasteiger partial charge is 0.277 e. The summed E-state index contributed by atoms with van der Waals surface area (Å²) >= 11 is 7.10. The van der Waals surface area contributed by atoms with Crippen LogP contribution in [-0.2, 0) is 11.2 Å². The molecule has 1 N–H and O–H groups in total. The van der Waals surface area contributed by atoms with Gasteiger partial charge in [-0.3, -0.25) is 4.79 Å². The monoisotopic (exact) mass is 401 g/mol. The molecule has 1 aromatic heterocycles. The van der Waals surface area contributed by atoms with E-state index in [1.54, 1.807) is 12.1 Å². The molecule has 0 aliphatic carbocycles. The van der Waals surface area contributed by atoms with E-state index in [0.717, 1.165) is 18.4 Å². The van der Waals surface area contributed by atoms with E-state index in [0.29, 0.717) is 16.1 Å². The van der Waals surface area contributed by atoms with Gasteiger partial charge in [0.2, 0.25) is 11.8 Å². The Morgan fingerprint density at radius 2 is 1.89 bits per heavy atom. The number of hydrogen-bond donors (Lipinski definition) is 1. The van der Waals surface area contributed by atoms with Gasteiger partial charge in [0.25, 0.3) is 5.22 Å². The van der Waals surface area contributed by atoms with Crippen molar-refractivity contribution < 1.29 is 9.21 Å². The van der Waals surface area contributed by atoms with Crippen LogP contribution < -0.4 is 5.32 Å². The number of rotatable bonds is 8. The molecule has 5 nitrogen and oxygen atoms in total. The van der Waals surface area contributed by atoms with Crippen molar-refractivity contribution in [3.63, 3.8) is 0 Å². The maximum Gasteiger partial charge on any atom is 0.277 e. The minimum Gasteiger partial charge on any atom is -0.411 e. The molecule has 1 amide bonds. The van der Waals surface area contributed by atoms with Crippen molar-refractivity contribution >= 4 is 29.3 Å². The number of halogens is 1. The first kappa shape index (κ1) is 19.5. The molecule has 2 aromatic carbocycles. The lowest BCUT2D eigenvalue weighted by Gasteiger charge is -2.13. The number of hydrogen-bond acceptors (Lipinski definition) is 5. The van der Waals surface area contributed by atoms with Crippen LogP contribution in [0, 0.1) is 0 Å². The molecule has 1 unspecified atom stereocenters. The normalized spacial score (nSPS) is 11.9. The van der Waals surface area contributed by atoms with Gasteiger partial charge in [-0.25, -0.2) is 0 Å². The van der Waals surface area contributed by atoms with Gasteiger partial charge in [-0.1, -0.05) is 53.7 Å². The van der Waals surface area contributed by atoms with Gasteiger partial charge in [0.1, 0.15) is 0 Å². The summed E-state index contributed by atoms with van der Waals surface area (Å²) in [7, 11) is 0. The van der Waals surface area contributed by atoms with Crippen molar-refractivity contribution in [2.45, 2.75) is 31.0 Å². The van der Waals surface area contributed by atoms with Gasteiger partial charge in [0.05, 0.1) is 5.75 Å². The molecule has 0 saturated carbocycles. The highest BCUT2D eigenvalue weighted by atomic mass is 35.5. The first-order valence-electron chi connectivity index (χ1n) is 8.65. The third kappa shape index (κ3) is 6.12. The van der Waals surface area contributed by atoms with Crippen LogP contribution in [0.4, 0.5) is 0 Å². The van der Waals surface area contributed by atoms with E-state index in [1.807, 2.05) is 37.3 Å². The van der Waals surface area contributed by atoms with Gasteiger partial charge in [-0.15, -0.1) is 10.2 Å². The summed E-state index contributed by atoms with van der Waals surface area (Å²) in [6.07, 6.45) is 1.82. The molecule has 0 bridgehead atoms. The van der Waals surface area contributed by atoms with Gasteiger partial charge < -0.3 is 9.73 Å². The molecule has 1 heterocycles. The number of benzene rings is 2. The van der Waals surface area contributed by atoms with Gasteiger partial charge >= 0.3 is 0 Å². The van der Waals surface area contributed by atoms with E-state index < -0.39 is 0 Å². The van der Waals surface area contributed by atoms with E-state index in [-0.39, 0.29) is 17.7 Å². The van der Waals surface area contributed by atoms with Crippen LogP contribution in [0.5, 0.6) is 0 Å². The third-order valence-electron chi connectivity index (χ3n) is 3.94. The van der Waals surface area contributed by atoms with Crippen LogP contribution in [0.3, 0.4) is 0 Å². The standard InChI is InChI=1S/C20H20ClN3O2S/c1-14(7-8-15-5-3-2-4-6-15)22-18(25)13-27-20-24-23-19(26-20)16-9-11-17(21)12-10-16/h2-6,9-12,14H,7-8,13H2,1H3,(H,22,25). The van der Waals surface area contributed by atoms with Crippen LogP contribution in [0.2, 0.25) is 5.02 Å². The van der Waals surface area contributed by atoms with E-state index in [1.165, 1.54) is 17.3 Å². The molecule has 1 atom stereocenters. The molecule has 27 heavy (non-hydrogen) atoms. The van der Waals surface area contributed by atoms with Crippen LogP contribution in [0.1, 0.15) is 18.9 Å². The fourth-order valence-electron chi connectivity index (χ4n) is 2.52. The van der Waals surface area contributed by atoms with Crippen LogP contribution in [0.15, 0.2) is 64.2 Å². The minimum atomic E-state index is -0.0493. The van der Waals surface area contributed by atoms with E-state index >= 15 is 0 Å². The fraction of sp³-hybridized carbons (Fsp3) is 0.250. The van der Waals surface area contributed by atoms with E-state index in [9.17, 15) is 4.79 Å². The first-order valence-corrected chi connectivity index (χ1v) is 10.0. The van der Waals surface area contributed by atoms with Gasteiger partial charge in [-0.2, -0.15) is 0 Å². The summed E-state index contributed by atoms with van der Waals surface area (Å²) < 4.78 is 5.59. The number of thioether (sulfide) groups is 1. The second-order valence-corrected chi connectivity index (χ2v) is 7.52. The zero-order valence-corrected chi connectivity index (χ0v) is 16.5. The predicted molar refractivity (Wildman–Crippen MR) is 108 cm³/mol. The van der Waals surface area contributed by atoms with Crippen molar-refractivity contribution in [1.82, 2.24) is 15.5 Å². The summed E-state index contributed by atoms with van der Waals surface area (Å²) in [4.78, 5) is 12.1. The summed E-state index contributed by atoms with van der Waals surface area (Å²) in [5.74, 6) is 0.593. The first-order chi connectivity index (χ1) is 13.1. The molecule has 3 rings (SSSR count). The number of carbonyl (C=O) groups is 1. The van der Waals surface area contributed by atoms with Crippen molar-refractivity contribution in [3.05, 3.63) is 65.2 Å². The predicted octanol–water partition coefficient (Wildman–Crippen LogP) is 4.62. The van der Waals surface area contributed by atoms with E-state index in [4.69, 9.17) is 16.0 Å². The maximum atomic E-state index is 12.1. The lowest BCUT2D eigenvalue weighted by Crippen LogP contribution is -2.34. The van der Waals surface area contributed by atoms with Crippen LogP contribution in [0.25, 0.3) is 11.5 Å². The minimum absolute atomic E-state index is 0.0493. The zero-order chi connectivity index (χ0) is 19.1. The summed E-state index contributed by atoms with van der Waals surface area (Å²) in [6.45, 7) is 2.01. The third-order valence-corrected chi connectivity index (χ3v) is 5.01. The fourth-order valence-corrected chi connectivity index (χ4v) is 3.22. The lowest BCUT2D eigenvalue weighted by atomic mass is 10.1. The number of nitrogens with one attached hydrogen (secondary N) is 1. The zero-order valence-electron chi connectivity index (χ0n) is 14.9. The average molecular weight is 402 g/mol. The molecule has 0 aliphatic heterocycles. The highest BCUT2D eigenvalue weighted by Crippen LogP contribution is 2.24. The molecule has 0 radical (unpaired) electrons. The molecular formula is C20H20ClN3O2S. The Kier molecular flexibility index (Phi) is 6.90. The molecule has 3 aromatic rings. The summed E-state index contributed by atoms with van der Waals surface area (Å²) in [6, 6.07) is 17.5. The summed E-state index contributed by atoms with van der Waals surface area (Å²) in [5.41, 5.74) is 2.06. The quantitative estimate of drug-likeness (QED) is 0.558. The van der Waals surface area contributed by atoms with Crippen molar-refractivity contribution in [1.29, 1.82) is 0 Å². The number of carbonyl (C=O) groups excluding carboxylic acids is 1. The highest BCUT2D eigenvalue weighted by Gasteiger charge is 2.13. The Bertz CT molecular complexity index is 868. The molecule has 0 fully saturated rings.